The first-order valence-corrected chi connectivity index (χ1v) is 17.3. The summed E-state index contributed by atoms with van der Waals surface area (Å²) in [6.07, 6.45) is 23.8. The van der Waals surface area contributed by atoms with Crippen molar-refractivity contribution in [2.45, 2.75) is 51.6 Å². The summed E-state index contributed by atoms with van der Waals surface area (Å²) in [6.45, 7) is 0. The smallest absolute Gasteiger partial charge is 0.180 e. The number of nitrogens with zero attached hydrogens (tertiary/aromatic N) is 6. The van der Waals surface area contributed by atoms with Gasteiger partial charge in [0.1, 0.15) is 0 Å². The minimum Gasteiger partial charge on any atom is -0.412 e. The summed E-state index contributed by atoms with van der Waals surface area (Å²) < 4.78 is -0.750. The second-order valence-electron chi connectivity index (χ2n) is 12.7. The van der Waals surface area contributed by atoms with E-state index < -0.39 is 4.30 Å². The van der Waals surface area contributed by atoms with Gasteiger partial charge in [-0.1, -0.05) is 46.9 Å². The summed E-state index contributed by atoms with van der Waals surface area (Å²) in [4.78, 5) is 27.3. The molecule has 50 heavy (non-hydrogen) atoms. The fourth-order valence-corrected chi connectivity index (χ4v) is 8.84. The van der Waals surface area contributed by atoms with Gasteiger partial charge in [-0.05, 0) is 117 Å². The lowest BCUT2D eigenvalue weighted by atomic mass is 9.47. The van der Waals surface area contributed by atoms with E-state index in [1.807, 2.05) is 49.6 Å². The van der Waals surface area contributed by atoms with Crippen molar-refractivity contribution in [2.24, 2.45) is 0 Å². The Kier molecular flexibility index (Phi) is 10.9. The summed E-state index contributed by atoms with van der Waals surface area (Å²) in [6, 6.07) is 22.4. The van der Waals surface area contributed by atoms with Crippen molar-refractivity contribution >= 4 is 34.8 Å². The Morgan fingerprint density at radius 2 is 0.500 bits per heavy atom. The van der Waals surface area contributed by atoms with Gasteiger partial charge in [0.25, 0.3) is 0 Å². The number of hydrogen-bond acceptors (Lipinski definition) is 6. The van der Waals surface area contributed by atoms with Gasteiger partial charge in [0.15, 0.2) is 4.30 Å². The first-order valence-electron chi connectivity index (χ1n) is 16.0. The molecule has 4 bridgehead atoms. The molecule has 0 unspecified atom stereocenters. The van der Waals surface area contributed by atoms with Gasteiger partial charge in [-0.2, -0.15) is 0 Å². The molecule has 0 spiro atoms. The Balaban J connectivity index is 0.000000686. The molecule has 4 N–H and O–H groups in total. The zero-order valence-electron chi connectivity index (χ0n) is 26.7. The topological polar surface area (TPSA) is 140 Å². The van der Waals surface area contributed by atoms with E-state index in [-0.39, 0.29) is 58.3 Å². The van der Waals surface area contributed by atoms with Crippen LogP contribution in [0.2, 0.25) is 0 Å². The van der Waals surface area contributed by atoms with Gasteiger partial charge in [0.2, 0.25) is 0 Å². The highest BCUT2D eigenvalue weighted by atomic mass is 35.6. The lowest BCUT2D eigenvalue weighted by Gasteiger charge is -2.56. The van der Waals surface area contributed by atoms with E-state index >= 15 is 0 Å². The molecule has 0 amide bonds. The molecule has 0 aliphatic heterocycles. The van der Waals surface area contributed by atoms with Crippen molar-refractivity contribution in [1.29, 1.82) is 0 Å². The molecule has 0 radical (unpaired) electrons. The van der Waals surface area contributed by atoms with Gasteiger partial charge in [-0.15, -0.1) is 0 Å². The monoisotopic (exact) mass is 724 g/mol. The molecular formula is C39H35Cl3N6O2. The standard InChI is InChI=1S/C38H30N6.CHCl3.2H2O/c1-9-39-10-2-23(1)31-32(24-3-11-40-12-4-24)36-28-18-30(22-44-20-28)38-34(26-7-15-42-16-8-26)33(25-5-13-41-14-6-25)37(38)29-17-27(35(31)36)19-43-21-29;2-1(3)4;;/h1-22,31-38H;1H;2*1H2/t31-,32+,33+,34-,35+,36-,37-,38+;;;. The van der Waals surface area contributed by atoms with Gasteiger partial charge >= 0.3 is 0 Å². The second-order valence-corrected chi connectivity index (χ2v) is 14.7. The van der Waals surface area contributed by atoms with Gasteiger partial charge in [0, 0.05) is 98.0 Å². The first-order chi connectivity index (χ1) is 23.6. The van der Waals surface area contributed by atoms with Crippen molar-refractivity contribution < 1.29 is 11.0 Å². The molecule has 254 valence electrons. The number of rotatable bonds is 4. The molecule has 9 rings (SSSR count). The number of halogens is 3. The lowest BCUT2D eigenvalue weighted by Crippen LogP contribution is -2.43. The van der Waals surface area contributed by atoms with Crippen LogP contribution < -0.4 is 0 Å². The van der Waals surface area contributed by atoms with E-state index in [2.05, 4.69) is 105 Å². The quantitative estimate of drug-likeness (QED) is 0.171. The molecule has 6 aromatic rings. The van der Waals surface area contributed by atoms with Gasteiger partial charge < -0.3 is 11.0 Å². The van der Waals surface area contributed by atoms with Crippen LogP contribution in [0.1, 0.15) is 91.9 Å². The fraction of sp³-hybridized carbons (Fsp3) is 0.231. The van der Waals surface area contributed by atoms with Crippen LogP contribution in [0, 0.1) is 0 Å². The molecule has 3 aliphatic carbocycles. The number of pyridine rings is 6. The Hall–Kier alpha value is -4.31. The van der Waals surface area contributed by atoms with Gasteiger partial charge in [0.05, 0.1) is 0 Å². The highest BCUT2D eigenvalue weighted by molar-refractivity contribution is 6.63. The van der Waals surface area contributed by atoms with E-state index in [1.165, 1.54) is 44.5 Å². The molecule has 6 heterocycles. The molecule has 2 fully saturated rings. The van der Waals surface area contributed by atoms with Crippen LogP contribution in [0.4, 0.5) is 0 Å². The molecular weight excluding hydrogens is 691 g/mol. The maximum atomic E-state index is 4.95. The Morgan fingerprint density at radius 3 is 0.700 bits per heavy atom. The van der Waals surface area contributed by atoms with Crippen molar-refractivity contribution in [2.75, 3.05) is 0 Å². The SMILES string of the molecule is ClC(Cl)Cl.O.O.c1cc([C@@H]2[C@H](c3ccncc3)[C@H]3c4cncc(c4)[C@H]4[C@H](c5ccncc5)[C@H](c5ccncc5)[C@H]4c4cncc(c4)[C@@H]23)ccn1. The predicted octanol–water partition coefficient (Wildman–Crippen LogP) is 7.60. The Bertz CT molecular complexity index is 1720. The van der Waals surface area contributed by atoms with Gasteiger partial charge in [-0.3, -0.25) is 29.9 Å². The second kappa shape index (κ2) is 15.3. The van der Waals surface area contributed by atoms with Crippen LogP contribution >= 0.6 is 34.8 Å². The number of alkyl halides is 3. The molecule has 6 aromatic heterocycles. The average molecular weight is 726 g/mol. The minimum absolute atomic E-state index is 0. The van der Waals surface area contributed by atoms with E-state index in [0.29, 0.717) is 0 Å². The zero-order valence-corrected chi connectivity index (χ0v) is 29.0. The van der Waals surface area contributed by atoms with Crippen LogP contribution in [0.3, 0.4) is 0 Å². The Labute approximate surface area is 305 Å². The third-order valence-corrected chi connectivity index (χ3v) is 10.6. The van der Waals surface area contributed by atoms with E-state index in [9.17, 15) is 0 Å². The first kappa shape index (κ1) is 35.5. The summed E-state index contributed by atoms with van der Waals surface area (Å²) in [5.41, 5.74) is 10.4. The largest absolute Gasteiger partial charge is 0.412 e. The summed E-state index contributed by atoms with van der Waals surface area (Å²) in [5, 5.41) is 0. The zero-order chi connectivity index (χ0) is 32.6. The van der Waals surface area contributed by atoms with E-state index in [4.69, 9.17) is 44.8 Å². The molecule has 0 aromatic carbocycles. The molecule has 8 nitrogen and oxygen atoms in total. The maximum Gasteiger partial charge on any atom is 0.180 e. The fourth-order valence-electron chi connectivity index (χ4n) is 8.84. The number of fused-ring (bicyclic) bond motifs is 10. The molecule has 3 aliphatic rings. The number of hydrogen-bond donors (Lipinski definition) is 0. The molecule has 8 atom stereocenters. The van der Waals surface area contributed by atoms with Gasteiger partial charge in [-0.25, -0.2) is 0 Å². The van der Waals surface area contributed by atoms with Crippen molar-refractivity contribution in [3.8, 4) is 0 Å². The summed E-state index contributed by atoms with van der Waals surface area (Å²) >= 11 is 14.4. The highest BCUT2D eigenvalue weighted by Gasteiger charge is 2.56. The molecule has 11 heteroatoms. The third kappa shape index (κ3) is 6.38. The van der Waals surface area contributed by atoms with Crippen LogP contribution in [0.15, 0.2) is 135 Å². The summed E-state index contributed by atoms with van der Waals surface area (Å²) in [5.74, 6) is 2.15. The van der Waals surface area contributed by atoms with Crippen molar-refractivity contribution in [3.05, 3.63) is 180 Å². The third-order valence-electron chi connectivity index (χ3n) is 10.6. The van der Waals surface area contributed by atoms with E-state index in [0.717, 1.165) is 0 Å². The molecule has 0 saturated heterocycles. The van der Waals surface area contributed by atoms with Crippen LogP contribution in [-0.4, -0.2) is 45.2 Å². The predicted molar refractivity (Wildman–Crippen MR) is 196 cm³/mol. The van der Waals surface area contributed by atoms with E-state index in [1.54, 1.807) is 0 Å². The Morgan fingerprint density at radius 1 is 0.320 bits per heavy atom. The maximum absolute atomic E-state index is 4.95. The van der Waals surface area contributed by atoms with Crippen LogP contribution in [0.25, 0.3) is 0 Å². The number of aromatic nitrogens is 6. The van der Waals surface area contributed by atoms with Crippen molar-refractivity contribution in [3.63, 3.8) is 0 Å². The normalized spacial score (nSPS) is 25.4. The minimum atomic E-state index is -0.750. The highest BCUT2D eigenvalue weighted by Crippen LogP contribution is 2.70. The summed E-state index contributed by atoms with van der Waals surface area (Å²) in [7, 11) is 0. The lowest BCUT2D eigenvalue weighted by molar-refractivity contribution is 0.215. The van der Waals surface area contributed by atoms with Crippen molar-refractivity contribution in [1.82, 2.24) is 29.9 Å². The van der Waals surface area contributed by atoms with Crippen LogP contribution in [-0.2, 0) is 0 Å². The molecule has 2 saturated carbocycles. The average Bonchev–Trinajstić information content (AvgIpc) is 3.09. The van der Waals surface area contributed by atoms with Crippen LogP contribution in [0.5, 0.6) is 0 Å².